The van der Waals surface area contributed by atoms with E-state index >= 15 is 0 Å². The van der Waals surface area contributed by atoms with Crippen LogP contribution in [-0.4, -0.2) is 9.91 Å². The van der Waals surface area contributed by atoms with Crippen LogP contribution in [-0.2, 0) is 6.18 Å². The SMILES string of the molecule is Cc1cc([N+](=O)[O-])c(Nc2cccnc2C)cc1C(F)(F)F. The number of nitrogens with one attached hydrogen (secondary N) is 1. The summed E-state index contributed by atoms with van der Waals surface area (Å²) in [4.78, 5) is 14.3. The van der Waals surface area contributed by atoms with Crippen molar-refractivity contribution in [2.45, 2.75) is 20.0 Å². The molecule has 0 aliphatic rings. The van der Waals surface area contributed by atoms with E-state index in [4.69, 9.17) is 0 Å². The van der Waals surface area contributed by atoms with Crippen molar-refractivity contribution in [1.29, 1.82) is 0 Å². The van der Waals surface area contributed by atoms with E-state index in [1.165, 1.54) is 13.1 Å². The Morgan fingerprint density at radius 1 is 1.23 bits per heavy atom. The van der Waals surface area contributed by atoms with Gasteiger partial charge in [-0.2, -0.15) is 13.2 Å². The van der Waals surface area contributed by atoms with E-state index < -0.39 is 22.4 Å². The van der Waals surface area contributed by atoms with Crippen molar-refractivity contribution in [2.75, 3.05) is 5.32 Å². The number of halogens is 3. The molecule has 0 saturated carbocycles. The fraction of sp³-hybridized carbons (Fsp3) is 0.214. The molecule has 116 valence electrons. The normalized spacial score (nSPS) is 11.3. The second-order valence-corrected chi connectivity index (χ2v) is 4.70. The van der Waals surface area contributed by atoms with Crippen LogP contribution in [0.15, 0.2) is 30.5 Å². The van der Waals surface area contributed by atoms with Crippen molar-refractivity contribution in [3.05, 3.63) is 57.4 Å². The van der Waals surface area contributed by atoms with Crippen LogP contribution in [0.4, 0.5) is 30.2 Å². The van der Waals surface area contributed by atoms with Crippen LogP contribution in [0, 0.1) is 24.0 Å². The molecule has 0 unspecified atom stereocenters. The molecular formula is C14H12F3N3O2. The molecule has 1 N–H and O–H groups in total. The third-order valence-electron chi connectivity index (χ3n) is 3.12. The van der Waals surface area contributed by atoms with Crippen LogP contribution in [0.2, 0.25) is 0 Å². The zero-order chi connectivity index (χ0) is 16.5. The lowest BCUT2D eigenvalue weighted by molar-refractivity contribution is -0.384. The molecule has 1 aromatic carbocycles. The molecule has 0 amide bonds. The zero-order valence-corrected chi connectivity index (χ0v) is 11.7. The summed E-state index contributed by atoms with van der Waals surface area (Å²) >= 11 is 0. The zero-order valence-electron chi connectivity index (χ0n) is 11.7. The molecule has 0 bridgehead atoms. The maximum Gasteiger partial charge on any atom is 0.416 e. The maximum atomic E-state index is 13.0. The number of hydrogen-bond donors (Lipinski definition) is 1. The summed E-state index contributed by atoms with van der Waals surface area (Å²) in [6.45, 7) is 2.84. The van der Waals surface area contributed by atoms with Crippen LogP contribution in [0.3, 0.4) is 0 Å². The Morgan fingerprint density at radius 3 is 2.45 bits per heavy atom. The van der Waals surface area contributed by atoms with Gasteiger partial charge in [-0.05, 0) is 37.6 Å². The van der Waals surface area contributed by atoms with E-state index in [1.54, 1.807) is 19.1 Å². The Hall–Kier alpha value is -2.64. The summed E-state index contributed by atoms with van der Waals surface area (Å²) in [6.07, 6.45) is -3.06. The summed E-state index contributed by atoms with van der Waals surface area (Å²) < 4.78 is 38.9. The average molecular weight is 311 g/mol. The highest BCUT2D eigenvalue weighted by molar-refractivity contribution is 5.72. The molecule has 2 rings (SSSR count). The van der Waals surface area contributed by atoms with Gasteiger partial charge in [0, 0.05) is 12.3 Å². The fourth-order valence-corrected chi connectivity index (χ4v) is 2.01. The van der Waals surface area contributed by atoms with Gasteiger partial charge in [-0.25, -0.2) is 0 Å². The minimum Gasteiger partial charge on any atom is -0.348 e. The Labute approximate surface area is 124 Å². The summed E-state index contributed by atoms with van der Waals surface area (Å²) in [5.74, 6) is 0. The maximum absolute atomic E-state index is 13.0. The van der Waals surface area contributed by atoms with Gasteiger partial charge in [-0.3, -0.25) is 15.1 Å². The quantitative estimate of drug-likeness (QED) is 0.675. The molecule has 22 heavy (non-hydrogen) atoms. The molecule has 0 spiro atoms. The van der Waals surface area contributed by atoms with Gasteiger partial charge in [0.05, 0.1) is 21.9 Å². The molecule has 8 heteroatoms. The number of nitro groups is 1. The predicted octanol–water partition coefficient (Wildman–Crippen LogP) is 4.37. The number of hydrogen-bond acceptors (Lipinski definition) is 4. The Bertz CT molecular complexity index is 730. The van der Waals surface area contributed by atoms with Crippen LogP contribution < -0.4 is 5.32 Å². The number of nitro benzene ring substituents is 1. The second kappa shape index (κ2) is 5.63. The van der Waals surface area contributed by atoms with E-state index in [0.717, 1.165) is 12.1 Å². The predicted molar refractivity (Wildman–Crippen MR) is 75.1 cm³/mol. The van der Waals surface area contributed by atoms with Crippen molar-refractivity contribution >= 4 is 17.1 Å². The van der Waals surface area contributed by atoms with Crippen molar-refractivity contribution in [3.63, 3.8) is 0 Å². The number of aromatic nitrogens is 1. The first-order valence-electron chi connectivity index (χ1n) is 6.25. The monoisotopic (exact) mass is 311 g/mol. The van der Waals surface area contributed by atoms with Gasteiger partial charge in [0.2, 0.25) is 0 Å². The van der Waals surface area contributed by atoms with Gasteiger partial charge in [0.1, 0.15) is 5.69 Å². The molecule has 1 aromatic heterocycles. The van der Waals surface area contributed by atoms with Crippen molar-refractivity contribution in [2.24, 2.45) is 0 Å². The van der Waals surface area contributed by atoms with E-state index in [0.29, 0.717) is 11.4 Å². The van der Waals surface area contributed by atoms with E-state index in [2.05, 4.69) is 10.3 Å². The minimum atomic E-state index is -4.58. The van der Waals surface area contributed by atoms with Crippen molar-refractivity contribution in [1.82, 2.24) is 4.98 Å². The van der Waals surface area contributed by atoms with Crippen LogP contribution in [0.5, 0.6) is 0 Å². The Kier molecular flexibility index (Phi) is 4.03. The smallest absolute Gasteiger partial charge is 0.348 e. The number of benzene rings is 1. The lowest BCUT2D eigenvalue weighted by Crippen LogP contribution is -2.10. The summed E-state index contributed by atoms with van der Waals surface area (Å²) in [5.41, 5.74) is -0.837. The lowest BCUT2D eigenvalue weighted by Gasteiger charge is -2.14. The van der Waals surface area contributed by atoms with E-state index in [9.17, 15) is 23.3 Å². The number of anilines is 2. The molecule has 0 radical (unpaired) electrons. The van der Waals surface area contributed by atoms with Crippen LogP contribution >= 0.6 is 0 Å². The number of aryl methyl sites for hydroxylation is 2. The molecule has 0 atom stereocenters. The fourth-order valence-electron chi connectivity index (χ4n) is 2.01. The average Bonchev–Trinajstić information content (AvgIpc) is 2.41. The Balaban J connectivity index is 2.57. The van der Waals surface area contributed by atoms with Gasteiger partial charge >= 0.3 is 6.18 Å². The first-order chi connectivity index (χ1) is 10.2. The minimum absolute atomic E-state index is 0.201. The Morgan fingerprint density at radius 2 is 1.91 bits per heavy atom. The first-order valence-corrected chi connectivity index (χ1v) is 6.25. The third-order valence-corrected chi connectivity index (χ3v) is 3.12. The van der Waals surface area contributed by atoms with Crippen molar-refractivity contribution < 1.29 is 18.1 Å². The third kappa shape index (κ3) is 3.16. The standard InChI is InChI=1S/C14H12F3N3O2/c1-8-6-13(20(21)22)12(7-10(8)14(15,16)17)19-11-4-3-5-18-9(11)2/h3-7,19H,1-2H3. The molecule has 5 nitrogen and oxygen atoms in total. The summed E-state index contributed by atoms with van der Waals surface area (Å²) in [6, 6.07) is 4.83. The summed E-state index contributed by atoms with van der Waals surface area (Å²) in [5, 5.41) is 13.7. The topological polar surface area (TPSA) is 68.1 Å². The second-order valence-electron chi connectivity index (χ2n) is 4.70. The number of pyridine rings is 1. The lowest BCUT2D eigenvalue weighted by atomic mass is 10.1. The summed E-state index contributed by atoms with van der Waals surface area (Å²) in [7, 11) is 0. The van der Waals surface area contributed by atoms with Crippen molar-refractivity contribution in [3.8, 4) is 0 Å². The molecule has 0 aliphatic carbocycles. The molecule has 0 fully saturated rings. The van der Waals surface area contributed by atoms with Crippen LogP contribution in [0.1, 0.15) is 16.8 Å². The largest absolute Gasteiger partial charge is 0.416 e. The van der Waals surface area contributed by atoms with Gasteiger partial charge in [-0.1, -0.05) is 0 Å². The van der Waals surface area contributed by atoms with Gasteiger partial charge in [-0.15, -0.1) is 0 Å². The molecule has 0 saturated heterocycles. The highest BCUT2D eigenvalue weighted by atomic mass is 19.4. The highest BCUT2D eigenvalue weighted by Gasteiger charge is 2.34. The number of rotatable bonds is 3. The van der Waals surface area contributed by atoms with Gasteiger partial charge in [0.15, 0.2) is 0 Å². The highest BCUT2D eigenvalue weighted by Crippen LogP contribution is 2.38. The first kappa shape index (κ1) is 15.7. The molecule has 1 heterocycles. The number of alkyl halides is 3. The number of nitrogens with zero attached hydrogens (tertiary/aromatic N) is 2. The van der Waals surface area contributed by atoms with E-state index in [1.807, 2.05) is 0 Å². The van der Waals surface area contributed by atoms with Gasteiger partial charge < -0.3 is 5.32 Å². The molecule has 0 aliphatic heterocycles. The molecular weight excluding hydrogens is 299 g/mol. The van der Waals surface area contributed by atoms with Crippen LogP contribution in [0.25, 0.3) is 0 Å². The van der Waals surface area contributed by atoms with Gasteiger partial charge in [0.25, 0.3) is 5.69 Å². The van der Waals surface area contributed by atoms with E-state index in [-0.39, 0.29) is 11.3 Å². The molecule has 2 aromatic rings.